The summed E-state index contributed by atoms with van der Waals surface area (Å²) in [6.07, 6.45) is 0. The number of aryl methyl sites for hydroxylation is 1. The van der Waals surface area contributed by atoms with Crippen LogP contribution in [-0.4, -0.2) is 11.8 Å². The molecule has 2 rings (SSSR count). The van der Waals surface area contributed by atoms with Crippen LogP contribution in [0.25, 0.3) is 0 Å². The maximum absolute atomic E-state index is 14.1. The van der Waals surface area contributed by atoms with Gasteiger partial charge < -0.3 is 0 Å². The average molecular weight is 330 g/mol. The minimum Gasteiger partial charge on any atom is -0.276 e. The van der Waals surface area contributed by atoms with Gasteiger partial charge in [-0.1, -0.05) is 29.3 Å². The van der Waals surface area contributed by atoms with Gasteiger partial charge in [0.2, 0.25) is 5.91 Å². The lowest BCUT2D eigenvalue weighted by molar-refractivity contribution is -0.115. The van der Waals surface area contributed by atoms with Gasteiger partial charge in [0.15, 0.2) is 5.82 Å². The third-order valence-electron chi connectivity index (χ3n) is 2.86. The van der Waals surface area contributed by atoms with Crippen LogP contribution in [-0.2, 0) is 4.79 Å². The monoisotopic (exact) mass is 329 g/mol. The zero-order valence-corrected chi connectivity index (χ0v) is 12.6. The van der Waals surface area contributed by atoms with Crippen molar-refractivity contribution in [2.45, 2.75) is 6.92 Å². The maximum atomic E-state index is 14.1. The van der Waals surface area contributed by atoms with Crippen molar-refractivity contribution in [3.63, 3.8) is 0 Å². The fourth-order valence-electron chi connectivity index (χ4n) is 1.90. The first kappa shape index (κ1) is 15.7. The molecule has 0 heterocycles. The van der Waals surface area contributed by atoms with Gasteiger partial charge in [0.25, 0.3) is 0 Å². The molecule has 0 aromatic heterocycles. The van der Waals surface area contributed by atoms with Crippen LogP contribution in [0.1, 0.15) is 5.56 Å². The highest BCUT2D eigenvalue weighted by Gasteiger charge is 2.24. The summed E-state index contributed by atoms with van der Waals surface area (Å²) in [4.78, 5) is 13.1. The Labute approximate surface area is 130 Å². The molecule has 0 saturated heterocycles. The summed E-state index contributed by atoms with van der Waals surface area (Å²) in [5.74, 6) is -2.67. The van der Waals surface area contributed by atoms with Gasteiger partial charge in [-0.25, -0.2) is 8.78 Å². The van der Waals surface area contributed by atoms with Crippen LogP contribution >= 0.6 is 23.2 Å². The summed E-state index contributed by atoms with van der Waals surface area (Å²) in [5, 5.41) is -0.202. The largest absolute Gasteiger partial charge is 0.276 e. The highest BCUT2D eigenvalue weighted by atomic mass is 35.5. The number of alkyl halides is 1. The number of carbonyl (C=O) groups excluding carboxylic acids is 1. The number of hydrogen-bond donors (Lipinski definition) is 0. The highest BCUT2D eigenvalue weighted by molar-refractivity contribution is 6.35. The molecule has 0 spiro atoms. The smallest absolute Gasteiger partial charge is 0.246 e. The standard InChI is InChI=1S/C15H11Cl2F2NO/c1-9-2-4-11(5-3-9)20(14(21)8-16)15-12(17)6-10(18)7-13(15)19/h2-7H,8H2,1H3. The molecule has 6 heteroatoms. The molecule has 0 aliphatic rings. The van der Waals surface area contributed by atoms with E-state index < -0.39 is 17.5 Å². The topological polar surface area (TPSA) is 20.3 Å². The van der Waals surface area contributed by atoms with Gasteiger partial charge in [0.05, 0.1) is 5.02 Å². The average Bonchev–Trinajstić information content (AvgIpc) is 2.43. The van der Waals surface area contributed by atoms with E-state index in [1.54, 1.807) is 24.3 Å². The van der Waals surface area contributed by atoms with E-state index in [1.807, 2.05) is 6.92 Å². The van der Waals surface area contributed by atoms with Crippen LogP contribution in [0.4, 0.5) is 20.2 Å². The van der Waals surface area contributed by atoms with Gasteiger partial charge in [0.1, 0.15) is 17.4 Å². The molecule has 0 atom stereocenters. The van der Waals surface area contributed by atoms with Gasteiger partial charge >= 0.3 is 0 Å². The molecule has 0 fully saturated rings. The molecule has 1 amide bonds. The second kappa shape index (κ2) is 6.41. The predicted octanol–water partition coefficient (Wildman–Crippen LogP) is 4.83. The van der Waals surface area contributed by atoms with E-state index in [1.165, 1.54) is 0 Å². The molecule has 2 nitrogen and oxygen atoms in total. The fraction of sp³-hybridized carbons (Fsp3) is 0.133. The van der Waals surface area contributed by atoms with Gasteiger partial charge in [0, 0.05) is 11.8 Å². The number of anilines is 2. The molecule has 2 aromatic rings. The Morgan fingerprint density at radius 2 is 1.81 bits per heavy atom. The molecule has 0 saturated carbocycles. The van der Waals surface area contributed by atoms with Gasteiger partial charge in [-0.15, -0.1) is 11.6 Å². The summed E-state index contributed by atoms with van der Waals surface area (Å²) < 4.78 is 27.2. The molecule has 2 aromatic carbocycles. The van der Waals surface area contributed by atoms with Crippen LogP contribution in [0.3, 0.4) is 0 Å². The highest BCUT2D eigenvalue weighted by Crippen LogP contribution is 2.35. The van der Waals surface area contributed by atoms with Crippen molar-refractivity contribution in [1.82, 2.24) is 0 Å². The van der Waals surface area contributed by atoms with E-state index in [4.69, 9.17) is 23.2 Å². The number of halogens is 4. The van der Waals surface area contributed by atoms with E-state index in [9.17, 15) is 13.6 Å². The fourth-order valence-corrected chi connectivity index (χ4v) is 2.30. The molecular weight excluding hydrogens is 319 g/mol. The molecule has 0 N–H and O–H groups in total. The number of rotatable bonds is 3. The number of carbonyl (C=O) groups is 1. The van der Waals surface area contributed by atoms with Crippen molar-refractivity contribution < 1.29 is 13.6 Å². The van der Waals surface area contributed by atoms with E-state index in [-0.39, 0.29) is 16.6 Å². The van der Waals surface area contributed by atoms with Crippen LogP contribution < -0.4 is 4.90 Å². The zero-order chi connectivity index (χ0) is 15.6. The van der Waals surface area contributed by atoms with Crippen molar-refractivity contribution in [2.75, 3.05) is 10.8 Å². The summed E-state index contributed by atoms with van der Waals surface area (Å²) in [6, 6.07) is 8.42. The Morgan fingerprint density at radius 3 is 2.33 bits per heavy atom. The van der Waals surface area contributed by atoms with Crippen molar-refractivity contribution in [1.29, 1.82) is 0 Å². The second-order valence-corrected chi connectivity index (χ2v) is 5.09. The molecule has 0 bridgehead atoms. The molecule has 0 unspecified atom stereocenters. The predicted molar refractivity (Wildman–Crippen MR) is 80.4 cm³/mol. The van der Waals surface area contributed by atoms with Crippen molar-refractivity contribution >= 4 is 40.5 Å². The van der Waals surface area contributed by atoms with Crippen molar-refractivity contribution in [3.8, 4) is 0 Å². The molecule has 0 aliphatic carbocycles. The Morgan fingerprint density at radius 1 is 1.19 bits per heavy atom. The first-order valence-electron chi connectivity index (χ1n) is 6.04. The molecule has 0 radical (unpaired) electrons. The van der Waals surface area contributed by atoms with Crippen LogP contribution in [0.15, 0.2) is 36.4 Å². The van der Waals surface area contributed by atoms with E-state index in [2.05, 4.69) is 0 Å². The maximum Gasteiger partial charge on any atom is 0.246 e. The quantitative estimate of drug-likeness (QED) is 0.738. The van der Waals surface area contributed by atoms with Gasteiger partial charge in [-0.2, -0.15) is 0 Å². The molecular formula is C15H11Cl2F2NO. The van der Waals surface area contributed by atoms with E-state index in [0.717, 1.165) is 16.5 Å². The molecule has 0 aliphatic heterocycles. The van der Waals surface area contributed by atoms with Gasteiger partial charge in [-0.3, -0.25) is 9.69 Å². The Hall–Kier alpha value is -1.65. The zero-order valence-electron chi connectivity index (χ0n) is 11.0. The Kier molecular flexibility index (Phi) is 4.80. The molecule has 110 valence electrons. The third-order valence-corrected chi connectivity index (χ3v) is 3.38. The van der Waals surface area contributed by atoms with Crippen LogP contribution in [0, 0.1) is 18.6 Å². The number of nitrogens with zero attached hydrogens (tertiary/aromatic N) is 1. The number of benzene rings is 2. The van der Waals surface area contributed by atoms with Crippen LogP contribution in [0.5, 0.6) is 0 Å². The van der Waals surface area contributed by atoms with E-state index in [0.29, 0.717) is 11.8 Å². The Bertz CT molecular complexity index is 651. The summed E-state index contributed by atoms with van der Waals surface area (Å²) in [5.41, 5.74) is 1.16. The SMILES string of the molecule is Cc1ccc(N(C(=O)CCl)c2c(F)cc(F)cc2Cl)cc1. The van der Waals surface area contributed by atoms with Crippen LogP contribution in [0.2, 0.25) is 5.02 Å². The summed E-state index contributed by atoms with van der Waals surface area (Å²) in [7, 11) is 0. The first-order valence-corrected chi connectivity index (χ1v) is 6.95. The molecule has 21 heavy (non-hydrogen) atoms. The first-order chi connectivity index (χ1) is 9.93. The summed E-state index contributed by atoms with van der Waals surface area (Å²) >= 11 is 11.5. The minimum absolute atomic E-state index is 0.202. The van der Waals surface area contributed by atoms with Gasteiger partial charge in [-0.05, 0) is 25.1 Å². The van der Waals surface area contributed by atoms with Crippen molar-refractivity contribution in [2.24, 2.45) is 0 Å². The normalized spacial score (nSPS) is 10.5. The minimum atomic E-state index is -0.931. The number of hydrogen-bond acceptors (Lipinski definition) is 1. The third kappa shape index (κ3) is 3.34. The lowest BCUT2D eigenvalue weighted by atomic mass is 10.2. The number of amides is 1. The lowest BCUT2D eigenvalue weighted by Crippen LogP contribution is -2.28. The Balaban J connectivity index is 2.62. The lowest BCUT2D eigenvalue weighted by Gasteiger charge is -2.24. The van der Waals surface area contributed by atoms with E-state index >= 15 is 0 Å². The second-order valence-electron chi connectivity index (χ2n) is 4.42. The summed E-state index contributed by atoms with van der Waals surface area (Å²) in [6.45, 7) is 1.88. The van der Waals surface area contributed by atoms with Crippen molar-refractivity contribution in [3.05, 3.63) is 58.6 Å².